The van der Waals surface area contributed by atoms with E-state index in [0.29, 0.717) is 0 Å². The van der Waals surface area contributed by atoms with Gasteiger partial charge >= 0.3 is 0 Å². The van der Waals surface area contributed by atoms with Crippen molar-refractivity contribution in [2.75, 3.05) is 10.6 Å². The van der Waals surface area contributed by atoms with Crippen LogP contribution in [0.2, 0.25) is 0 Å². The molecule has 0 saturated carbocycles. The minimum absolute atomic E-state index is 0.00397. The van der Waals surface area contributed by atoms with E-state index < -0.39 is 5.41 Å². The second-order valence-electron chi connectivity index (χ2n) is 7.92. The normalized spacial score (nSPS) is 11.3. The van der Waals surface area contributed by atoms with Crippen LogP contribution < -0.4 is 10.6 Å². The first kappa shape index (κ1) is 19.7. The summed E-state index contributed by atoms with van der Waals surface area (Å²) in [6, 6.07) is 15.8. The molecule has 26 heavy (non-hydrogen) atoms. The monoisotopic (exact) mass is 352 g/mol. The number of anilines is 2. The highest BCUT2D eigenvalue weighted by molar-refractivity contribution is 5.94. The largest absolute Gasteiger partial charge is 0.326 e. The third-order valence-electron chi connectivity index (χ3n) is 4.05. The van der Waals surface area contributed by atoms with Crippen LogP contribution in [-0.2, 0) is 16.0 Å². The van der Waals surface area contributed by atoms with E-state index in [1.165, 1.54) is 5.56 Å². The molecule has 0 bridgehead atoms. The van der Waals surface area contributed by atoms with Crippen LogP contribution >= 0.6 is 0 Å². The number of nitrogens with one attached hydrogen (secondary N) is 2. The van der Waals surface area contributed by atoms with Gasteiger partial charge in [-0.2, -0.15) is 0 Å². The molecule has 2 rings (SSSR count). The van der Waals surface area contributed by atoms with Crippen molar-refractivity contribution >= 4 is 23.2 Å². The Morgan fingerprint density at radius 3 is 1.62 bits per heavy atom. The van der Waals surface area contributed by atoms with Gasteiger partial charge in [-0.25, -0.2) is 0 Å². The zero-order valence-corrected chi connectivity index (χ0v) is 16.2. The molecule has 138 valence electrons. The molecule has 0 aliphatic rings. The second-order valence-corrected chi connectivity index (χ2v) is 7.92. The Bertz CT molecular complexity index is 754. The molecule has 0 unspecified atom stereocenters. The molecule has 0 spiro atoms. The Morgan fingerprint density at radius 2 is 1.23 bits per heavy atom. The fraction of sp³-hybridized carbons (Fsp3) is 0.364. The smallest absolute Gasteiger partial charge is 0.229 e. The highest BCUT2D eigenvalue weighted by Crippen LogP contribution is 2.19. The lowest BCUT2D eigenvalue weighted by Crippen LogP contribution is -2.27. The Hall–Kier alpha value is -2.62. The Balaban J connectivity index is 1.96. The first-order chi connectivity index (χ1) is 12.1. The van der Waals surface area contributed by atoms with Gasteiger partial charge in [-0.1, -0.05) is 58.9 Å². The van der Waals surface area contributed by atoms with E-state index in [-0.39, 0.29) is 17.7 Å². The molecule has 0 saturated heterocycles. The van der Waals surface area contributed by atoms with Gasteiger partial charge in [0.1, 0.15) is 0 Å². The number of carbonyl (C=O) groups excluding carboxylic acids is 2. The predicted molar refractivity (Wildman–Crippen MR) is 107 cm³/mol. The maximum Gasteiger partial charge on any atom is 0.229 e. The lowest BCUT2D eigenvalue weighted by atomic mass is 9.95. The van der Waals surface area contributed by atoms with Crippen molar-refractivity contribution in [3.8, 4) is 0 Å². The lowest BCUT2D eigenvalue weighted by Gasteiger charge is -2.17. The summed E-state index contributed by atoms with van der Waals surface area (Å²) in [7, 11) is 0. The first-order valence-corrected chi connectivity index (χ1v) is 8.95. The highest BCUT2D eigenvalue weighted by atomic mass is 16.2. The molecule has 4 nitrogen and oxygen atoms in total. The van der Waals surface area contributed by atoms with Crippen LogP contribution in [0.15, 0.2) is 48.5 Å². The number of carbonyl (C=O) groups is 2. The summed E-state index contributed by atoms with van der Waals surface area (Å²) < 4.78 is 0. The van der Waals surface area contributed by atoms with Gasteiger partial charge in [-0.3, -0.25) is 9.59 Å². The maximum absolute atomic E-state index is 12.0. The maximum atomic E-state index is 12.0. The zero-order valence-electron chi connectivity index (χ0n) is 16.2. The van der Waals surface area contributed by atoms with Gasteiger partial charge in [0.25, 0.3) is 0 Å². The lowest BCUT2D eigenvalue weighted by molar-refractivity contribution is -0.123. The Labute approximate surface area is 156 Å². The molecule has 2 aromatic rings. The minimum atomic E-state index is -0.411. The minimum Gasteiger partial charge on any atom is -0.326 e. The van der Waals surface area contributed by atoms with Gasteiger partial charge < -0.3 is 10.6 Å². The zero-order chi connectivity index (χ0) is 19.3. The molecule has 2 aromatic carbocycles. The van der Waals surface area contributed by atoms with Crippen LogP contribution in [0.5, 0.6) is 0 Å². The molecule has 0 heterocycles. The van der Waals surface area contributed by atoms with Crippen molar-refractivity contribution in [2.45, 2.75) is 41.0 Å². The number of rotatable bonds is 5. The van der Waals surface area contributed by atoms with Crippen LogP contribution in [-0.4, -0.2) is 11.8 Å². The summed E-state index contributed by atoms with van der Waals surface area (Å²) >= 11 is 0. The van der Waals surface area contributed by atoms with Gasteiger partial charge in [0.2, 0.25) is 11.8 Å². The third kappa shape index (κ3) is 5.73. The van der Waals surface area contributed by atoms with Crippen LogP contribution in [0.3, 0.4) is 0 Å². The average Bonchev–Trinajstić information content (AvgIpc) is 2.57. The van der Waals surface area contributed by atoms with Gasteiger partial charge in [0, 0.05) is 22.7 Å². The molecule has 0 aliphatic heterocycles. The molecule has 0 atom stereocenters. The van der Waals surface area contributed by atoms with Crippen LogP contribution in [0, 0.1) is 11.3 Å². The fourth-order valence-electron chi connectivity index (χ4n) is 2.25. The highest BCUT2D eigenvalue weighted by Gasteiger charge is 2.20. The van der Waals surface area contributed by atoms with Crippen molar-refractivity contribution in [1.29, 1.82) is 0 Å². The van der Waals surface area contributed by atoms with Crippen LogP contribution in [0.4, 0.5) is 11.4 Å². The average molecular weight is 352 g/mol. The van der Waals surface area contributed by atoms with Gasteiger partial charge in [0.05, 0.1) is 0 Å². The molecule has 0 aromatic heterocycles. The number of hydrogen-bond acceptors (Lipinski definition) is 2. The molecule has 2 amide bonds. The van der Waals surface area contributed by atoms with E-state index in [1.807, 2.05) is 83.1 Å². The number of amides is 2. The Kier molecular flexibility index (Phi) is 6.19. The molecule has 4 heteroatoms. The Morgan fingerprint density at radius 1 is 0.808 bits per heavy atom. The third-order valence-corrected chi connectivity index (χ3v) is 4.05. The SMILES string of the molecule is CC(C)C(=O)Nc1ccc(Cc2ccc(NC(=O)C(C)(C)C)cc2)cc1. The summed E-state index contributed by atoms with van der Waals surface area (Å²) in [4.78, 5) is 23.7. The topological polar surface area (TPSA) is 58.2 Å². The van der Waals surface area contributed by atoms with Crippen molar-refractivity contribution in [3.05, 3.63) is 59.7 Å². The van der Waals surface area contributed by atoms with E-state index in [4.69, 9.17) is 0 Å². The summed E-state index contributed by atoms with van der Waals surface area (Å²) in [5, 5.41) is 5.82. The van der Waals surface area contributed by atoms with Crippen molar-refractivity contribution in [1.82, 2.24) is 0 Å². The standard InChI is InChI=1S/C22H28N2O2/c1-15(2)20(25)23-18-10-6-16(7-11-18)14-17-8-12-19(13-9-17)24-21(26)22(3,4)5/h6-13,15H,14H2,1-5H3,(H,23,25)(H,24,26). The molecule has 0 fully saturated rings. The van der Waals surface area contributed by atoms with Gasteiger partial charge in [-0.15, -0.1) is 0 Å². The summed E-state index contributed by atoms with van der Waals surface area (Å²) in [5.41, 5.74) is 3.54. The first-order valence-electron chi connectivity index (χ1n) is 8.95. The van der Waals surface area contributed by atoms with Gasteiger partial charge in [0.15, 0.2) is 0 Å². The number of hydrogen-bond donors (Lipinski definition) is 2. The molecular formula is C22H28N2O2. The molecule has 2 N–H and O–H groups in total. The van der Waals surface area contributed by atoms with Crippen molar-refractivity contribution in [3.63, 3.8) is 0 Å². The second kappa shape index (κ2) is 8.17. The van der Waals surface area contributed by atoms with E-state index in [0.717, 1.165) is 23.4 Å². The van der Waals surface area contributed by atoms with Crippen molar-refractivity contribution < 1.29 is 9.59 Å². The van der Waals surface area contributed by atoms with E-state index in [9.17, 15) is 9.59 Å². The van der Waals surface area contributed by atoms with E-state index >= 15 is 0 Å². The molecule has 0 radical (unpaired) electrons. The molecule has 0 aliphatic carbocycles. The van der Waals surface area contributed by atoms with Crippen molar-refractivity contribution in [2.24, 2.45) is 11.3 Å². The van der Waals surface area contributed by atoms with Crippen LogP contribution in [0.25, 0.3) is 0 Å². The van der Waals surface area contributed by atoms with E-state index in [1.54, 1.807) is 0 Å². The summed E-state index contributed by atoms with van der Waals surface area (Å²) in [6.07, 6.45) is 0.798. The fourth-order valence-corrected chi connectivity index (χ4v) is 2.25. The quantitative estimate of drug-likeness (QED) is 0.807. The number of benzene rings is 2. The van der Waals surface area contributed by atoms with E-state index in [2.05, 4.69) is 10.6 Å². The van der Waals surface area contributed by atoms with Crippen LogP contribution in [0.1, 0.15) is 45.7 Å². The van der Waals surface area contributed by atoms with Gasteiger partial charge in [-0.05, 0) is 41.8 Å². The summed E-state index contributed by atoms with van der Waals surface area (Å²) in [6.45, 7) is 9.42. The molecular weight excluding hydrogens is 324 g/mol. The summed E-state index contributed by atoms with van der Waals surface area (Å²) in [5.74, 6) is -0.0121. The predicted octanol–water partition coefficient (Wildman–Crippen LogP) is 4.86.